The Bertz CT molecular complexity index is 508. The molecule has 1 aromatic rings. The molecule has 0 spiro atoms. The van der Waals surface area contributed by atoms with Gasteiger partial charge in [0.15, 0.2) is 0 Å². The fraction of sp³-hybridized carbons (Fsp3) is 0.385. The highest BCUT2D eigenvalue weighted by molar-refractivity contribution is 9.10. The Morgan fingerprint density at radius 2 is 2.11 bits per heavy atom. The molecule has 0 aromatic heterocycles. The van der Waals surface area contributed by atoms with Crippen LogP contribution < -0.4 is 5.32 Å². The van der Waals surface area contributed by atoms with E-state index in [4.69, 9.17) is 5.26 Å². The molecule has 0 saturated carbocycles. The van der Waals surface area contributed by atoms with E-state index in [2.05, 4.69) is 21.2 Å². The molecule has 0 bridgehead atoms. The zero-order valence-corrected chi connectivity index (χ0v) is 12.0. The Kier molecular flexibility index (Phi) is 4.85. The number of anilines is 1. The van der Waals surface area contributed by atoms with E-state index in [9.17, 15) is 9.18 Å². The molecule has 0 heterocycles. The summed E-state index contributed by atoms with van der Waals surface area (Å²) in [5.74, 6) is -1.53. The van der Waals surface area contributed by atoms with Gasteiger partial charge in [-0.3, -0.25) is 4.79 Å². The molecule has 1 N–H and O–H groups in total. The predicted molar refractivity (Wildman–Crippen MR) is 71.4 cm³/mol. The number of nitriles is 1. The first-order valence-corrected chi connectivity index (χ1v) is 6.32. The van der Waals surface area contributed by atoms with Crippen LogP contribution in [-0.2, 0) is 4.79 Å². The molecule has 0 radical (unpaired) electrons. The van der Waals surface area contributed by atoms with Gasteiger partial charge in [-0.05, 0) is 46.5 Å². The van der Waals surface area contributed by atoms with Gasteiger partial charge in [-0.1, -0.05) is 13.8 Å². The van der Waals surface area contributed by atoms with E-state index in [0.717, 1.165) is 0 Å². The van der Waals surface area contributed by atoms with Gasteiger partial charge >= 0.3 is 0 Å². The lowest BCUT2D eigenvalue weighted by Crippen LogP contribution is -2.26. The van der Waals surface area contributed by atoms with Gasteiger partial charge in [-0.2, -0.15) is 5.26 Å². The van der Waals surface area contributed by atoms with Crippen LogP contribution in [0.25, 0.3) is 0 Å². The molecule has 0 aliphatic carbocycles. The molecular formula is C13H14BrFN2O. The second-order valence-corrected chi connectivity index (χ2v) is 5.28. The number of nitrogens with zero attached hydrogens (tertiary/aromatic N) is 1. The predicted octanol–water partition coefficient (Wildman–Crippen LogP) is 3.63. The van der Waals surface area contributed by atoms with Crippen LogP contribution in [0, 0.1) is 35.9 Å². The molecule has 5 heteroatoms. The molecule has 0 saturated heterocycles. The van der Waals surface area contributed by atoms with Crippen LogP contribution in [0.3, 0.4) is 0 Å². The van der Waals surface area contributed by atoms with E-state index < -0.39 is 5.92 Å². The van der Waals surface area contributed by atoms with Crippen molar-refractivity contribution < 1.29 is 9.18 Å². The van der Waals surface area contributed by atoms with Crippen LogP contribution in [0.15, 0.2) is 16.6 Å². The lowest BCUT2D eigenvalue weighted by Gasteiger charge is -2.15. The van der Waals surface area contributed by atoms with Crippen molar-refractivity contribution in [2.75, 3.05) is 5.32 Å². The number of carbonyl (C=O) groups excluding carboxylic acids is 1. The SMILES string of the molecule is Cc1cc(F)c(Br)cc1NC(=O)C(C#N)C(C)C. The molecule has 0 aliphatic rings. The fourth-order valence-electron chi connectivity index (χ4n) is 1.50. The minimum atomic E-state index is -0.715. The maximum atomic E-state index is 13.2. The van der Waals surface area contributed by atoms with Crippen LogP contribution in [0.4, 0.5) is 10.1 Å². The summed E-state index contributed by atoms with van der Waals surface area (Å²) in [5.41, 5.74) is 1.12. The molecule has 1 aromatic carbocycles. The molecule has 18 heavy (non-hydrogen) atoms. The second-order valence-electron chi connectivity index (χ2n) is 4.42. The van der Waals surface area contributed by atoms with Gasteiger partial charge < -0.3 is 5.32 Å². The van der Waals surface area contributed by atoms with Crippen LogP contribution in [0.5, 0.6) is 0 Å². The average Bonchev–Trinajstić information content (AvgIpc) is 2.26. The van der Waals surface area contributed by atoms with Crippen molar-refractivity contribution in [3.63, 3.8) is 0 Å². The van der Waals surface area contributed by atoms with Gasteiger partial charge in [-0.15, -0.1) is 0 Å². The normalized spacial score (nSPS) is 12.1. The summed E-state index contributed by atoms with van der Waals surface area (Å²) < 4.78 is 13.5. The number of benzene rings is 1. The Hall–Kier alpha value is -1.41. The number of nitrogens with one attached hydrogen (secondary N) is 1. The quantitative estimate of drug-likeness (QED) is 0.926. The van der Waals surface area contributed by atoms with Crippen molar-refractivity contribution in [2.45, 2.75) is 20.8 Å². The summed E-state index contributed by atoms with van der Waals surface area (Å²) in [6.45, 7) is 5.31. The first-order valence-electron chi connectivity index (χ1n) is 5.53. The smallest absolute Gasteiger partial charge is 0.241 e. The number of carbonyl (C=O) groups is 1. The minimum absolute atomic E-state index is 0.0702. The van der Waals surface area contributed by atoms with E-state index >= 15 is 0 Å². The monoisotopic (exact) mass is 312 g/mol. The van der Waals surface area contributed by atoms with E-state index in [-0.39, 0.29) is 22.1 Å². The van der Waals surface area contributed by atoms with E-state index in [1.807, 2.05) is 6.07 Å². The molecule has 1 atom stereocenters. The van der Waals surface area contributed by atoms with Crippen LogP contribution >= 0.6 is 15.9 Å². The Labute approximate surface area is 114 Å². The Morgan fingerprint density at radius 3 is 2.61 bits per heavy atom. The van der Waals surface area contributed by atoms with Crippen molar-refractivity contribution >= 4 is 27.5 Å². The maximum absolute atomic E-state index is 13.2. The van der Waals surface area contributed by atoms with Crippen LogP contribution in [-0.4, -0.2) is 5.91 Å². The van der Waals surface area contributed by atoms with E-state index in [0.29, 0.717) is 11.3 Å². The molecule has 96 valence electrons. The summed E-state index contributed by atoms with van der Waals surface area (Å²) in [7, 11) is 0. The third-order valence-corrected chi connectivity index (χ3v) is 3.22. The van der Waals surface area contributed by atoms with Gasteiger partial charge in [0.1, 0.15) is 11.7 Å². The lowest BCUT2D eigenvalue weighted by molar-refractivity contribution is -0.119. The van der Waals surface area contributed by atoms with Gasteiger partial charge in [0, 0.05) is 5.69 Å². The summed E-state index contributed by atoms with van der Waals surface area (Å²) in [5, 5.41) is 11.6. The Balaban J connectivity index is 2.95. The van der Waals surface area contributed by atoms with Crippen molar-refractivity contribution in [3.8, 4) is 6.07 Å². The van der Waals surface area contributed by atoms with Gasteiger partial charge in [0.05, 0.1) is 10.5 Å². The summed E-state index contributed by atoms with van der Waals surface area (Å²) in [4.78, 5) is 11.9. The molecule has 3 nitrogen and oxygen atoms in total. The highest BCUT2D eigenvalue weighted by atomic mass is 79.9. The average molecular weight is 313 g/mol. The lowest BCUT2D eigenvalue weighted by atomic mass is 9.96. The largest absolute Gasteiger partial charge is 0.325 e. The maximum Gasteiger partial charge on any atom is 0.241 e. The molecule has 0 fully saturated rings. The third kappa shape index (κ3) is 3.30. The van der Waals surface area contributed by atoms with Crippen LogP contribution in [0.1, 0.15) is 19.4 Å². The number of aryl methyl sites for hydroxylation is 1. The summed E-state index contributed by atoms with van der Waals surface area (Å²) in [6.07, 6.45) is 0. The zero-order valence-electron chi connectivity index (χ0n) is 10.4. The number of hydrogen-bond donors (Lipinski definition) is 1. The van der Waals surface area contributed by atoms with E-state index in [1.54, 1.807) is 20.8 Å². The highest BCUT2D eigenvalue weighted by Crippen LogP contribution is 2.25. The minimum Gasteiger partial charge on any atom is -0.325 e. The summed E-state index contributed by atoms with van der Waals surface area (Å²) in [6, 6.07) is 4.80. The van der Waals surface area contributed by atoms with E-state index in [1.165, 1.54) is 12.1 Å². The fourth-order valence-corrected chi connectivity index (χ4v) is 1.85. The van der Waals surface area contributed by atoms with Gasteiger partial charge in [-0.25, -0.2) is 4.39 Å². The van der Waals surface area contributed by atoms with Crippen molar-refractivity contribution in [3.05, 3.63) is 28.0 Å². The Morgan fingerprint density at radius 1 is 1.50 bits per heavy atom. The first-order chi connectivity index (χ1) is 8.36. The third-order valence-electron chi connectivity index (χ3n) is 2.61. The molecule has 1 rings (SSSR count). The number of hydrogen-bond acceptors (Lipinski definition) is 2. The molecule has 1 unspecified atom stereocenters. The van der Waals surface area contributed by atoms with Crippen LogP contribution in [0.2, 0.25) is 0 Å². The zero-order chi connectivity index (χ0) is 13.9. The summed E-state index contributed by atoms with van der Waals surface area (Å²) >= 11 is 3.06. The number of rotatable bonds is 3. The molecule has 1 amide bonds. The number of halogens is 2. The van der Waals surface area contributed by atoms with Crippen molar-refractivity contribution in [2.24, 2.45) is 11.8 Å². The van der Waals surface area contributed by atoms with Crippen molar-refractivity contribution in [1.82, 2.24) is 0 Å². The standard InChI is InChI=1S/C13H14BrFN2O/c1-7(2)9(6-16)13(18)17-12-5-10(14)11(15)4-8(12)3/h4-5,7,9H,1-3H3,(H,17,18). The second kappa shape index (κ2) is 5.96. The first kappa shape index (κ1) is 14.7. The molecular weight excluding hydrogens is 299 g/mol. The van der Waals surface area contributed by atoms with Crippen molar-refractivity contribution in [1.29, 1.82) is 5.26 Å². The topological polar surface area (TPSA) is 52.9 Å². The molecule has 0 aliphatic heterocycles. The van der Waals surface area contributed by atoms with Gasteiger partial charge in [0.2, 0.25) is 5.91 Å². The number of amides is 1. The van der Waals surface area contributed by atoms with Gasteiger partial charge in [0.25, 0.3) is 0 Å². The highest BCUT2D eigenvalue weighted by Gasteiger charge is 2.22.